The van der Waals surface area contributed by atoms with E-state index in [-0.39, 0.29) is 6.04 Å². The SMILES string of the molecule is Cc1csc(CC(N)CC2=CCCCC2)n1. The highest BCUT2D eigenvalue weighted by atomic mass is 32.1. The Bertz CT molecular complexity index is 368. The molecule has 0 aliphatic heterocycles. The zero-order valence-electron chi connectivity index (χ0n) is 9.91. The van der Waals surface area contributed by atoms with Crippen LogP contribution in [0.1, 0.15) is 42.8 Å². The number of hydrogen-bond donors (Lipinski definition) is 1. The van der Waals surface area contributed by atoms with Gasteiger partial charge in [0.05, 0.1) is 5.01 Å². The van der Waals surface area contributed by atoms with Crippen molar-refractivity contribution in [3.8, 4) is 0 Å². The monoisotopic (exact) mass is 236 g/mol. The van der Waals surface area contributed by atoms with Crippen molar-refractivity contribution in [3.63, 3.8) is 0 Å². The van der Waals surface area contributed by atoms with Gasteiger partial charge in [0.25, 0.3) is 0 Å². The van der Waals surface area contributed by atoms with Crippen molar-refractivity contribution in [1.82, 2.24) is 4.98 Å². The van der Waals surface area contributed by atoms with Crippen molar-refractivity contribution in [2.24, 2.45) is 5.73 Å². The Balaban J connectivity index is 1.83. The number of aryl methyl sites for hydroxylation is 1. The summed E-state index contributed by atoms with van der Waals surface area (Å²) in [4.78, 5) is 4.46. The second-order valence-electron chi connectivity index (χ2n) is 4.66. The molecule has 0 aromatic carbocycles. The Morgan fingerprint density at radius 1 is 1.44 bits per heavy atom. The van der Waals surface area contributed by atoms with Gasteiger partial charge in [-0.2, -0.15) is 0 Å². The lowest BCUT2D eigenvalue weighted by atomic mass is 9.94. The van der Waals surface area contributed by atoms with Crippen LogP contribution in [-0.4, -0.2) is 11.0 Å². The van der Waals surface area contributed by atoms with E-state index in [1.165, 1.54) is 30.7 Å². The van der Waals surface area contributed by atoms with Crippen molar-refractivity contribution in [3.05, 3.63) is 27.7 Å². The molecule has 2 nitrogen and oxygen atoms in total. The molecule has 1 aliphatic carbocycles. The van der Waals surface area contributed by atoms with Gasteiger partial charge in [-0.05, 0) is 39.0 Å². The molecule has 1 unspecified atom stereocenters. The molecule has 0 spiro atoms. The van der Waals surface area contributed by atoms with Crippen LogP contribution in [0.25, 0.3) is 0 Å². The van der Waals surface area contributed by atoms with Crippen molar-refractivity contribution in [2.75, 3.05) is 0 Å². The third-order valence-corrected chi connectivity index (χ3v) is 4.00. The first-order valence-corrected chi connectivity index (χ1v) is 6.96. The number of hydrogen-bond acceptors (Lipinski definition) is 3. The van der Waals surface area contributed by atoms with Crippen LogP contribution in [0.2, 0.25) is 0 Å². The second-order valence-corrected chi connectivity index (χ2v) is 5.60. The minimum Gasteiger partial charge on any atom is -0.327 e. The molecule has 1 aliphatic rings. The molecular weight excluding hydrogens is 216 g/mol. The summed E-state index contributed by atoms with van der Waals surface area (Å²) >= 11 is 1.73. The lowest BCUT2D eigenvalue weighted by Gasteiger charge is -2.16. The van der Waals surface area contributed by atoms with E-state index in [1.807, 2.05) is 6.92 Å². The molecule has 0 saturated carbocycles. The van der Waals surface area contributed by atoms with Crippen molar-refractivity contribution in [1.29, 1.82) is 0 Å². The topological polar surface area (TPSA) is 38.9 Å². The first-order valence-electron chi connectivity index (χ1n) is 6.08. The van der Waals surface area contributed by atoms with Crippen molar-refractivity contribution in [2.45, 2.75) is 51.5 Å². The average molecular weight is 236 g/mol. The fourth-order valence-corrected chi connectivity index (χ4v) is 3.09. The van der Waals surface area contributed by atoms with Crippen LogP contribution in [0.15, 0.2) is 17.0 Å². The van der Waals surface area contributed by atoms with Gasteiger partial charge >= 0.3 is 0 Å². The first kappa shape index (κ1) is 11.8. The molecule has 0 fully saturated rings. The Hall–Kier alpha value is -0.670. The van der Waals surface area contributed by atoms with Gasteiger partial charge in [-0.15, -0.1) is 11.3 Å². The van der Waals surface area contributed by atoms with E-state index in [4.69, 9.17) is 5.73 Å². The molecule has 0 saturated heterocycles. The summed E-state index contributed by atoms with van der Waals surface area (Å²) in [5, 5.41) is 3.28. The summed E-state index contributed by atoms with van der Waals surface area (Å²) in [6, 6.07) is 0.245. The Morgan fingerprint density at radius 2 is 2.31 bits per heavy atom. The summed E-state index contributed by atoms with van der Waals surface area (Å²) in [5.41, 5.74) is 8.85. The third-order valence-electron chi connectivity index (χ3n) is 3.01. The molecule has 0 bridgehead atoms. The van der Waals surface area contributed by atoms with Crippen LogP contribution in [0.4, 0.5) is 0 Å². The molecule has 1 aromatic rings. The highest BCUT2D eigenvalue weighted by Crippen LogP contribution is 2.22. The van der Waals surface area contributed by atoms with Gasteiger partial charge in [0.15, 0.2) is 0 Å². The van der Waals surface area contributed by atoms with Crippen LogP contribution in [0.3, 0.4) is 0 Å². The number of allylic oxidation sites excluding steroid dienone is 1. The minimum absolute atomic E-state index is 0.245. The van der Waals surface area contributed by atoms with Crippen molar-refractivity contribution >= 4 is 11.3 Å². The van der Waals surface area contributed by atoms with Gasteiger partial charge in [0.2, 0.25) is 0 Å². The lowest BCUT2D eigenvalue weighted by molar-refractivity contribution is 0.604. The summed E-state index contributed by atoms with van der Waals surface area (Å²) in [5.74, 6) is 0. The van der Waals surface area contributed by atoms with Crippen molar-refractivity contribution < 1.29 is 0 Å². The number of aromatic nitrogens is 1. The summed E-state index contributed by atoms with van der Waals surface area (Å²) < 4.78 is 0. The average Bonchev–Trinajstić information content (AvgIpc) is 2.65. The molecule has 1 heterocycles. The Morgan fingerprint density at radius 3 is 2.94 bits per heavy atom. The van der Waals surface area contributed by atoms with E-state index in [0.29, 0.717) is 0 Å². The first-order chi connectivity index (χ1) is 7.74. The summed E-state index contributed by atoms with van der Waals surface area (Å²) in [6.45, 7) is 2.04. The predicted octanol–water partition coefficient (Wildman–Crippen LogP) is 3.21. The quantitative estimate of drug-likeness (QED) is 0.815. The zero-order chi connectivity index (χ0) is 11.4. The molecule has 0 amide bonds. The van der Waals surface area contributed by atoms with E-state index in [9.17, 15) is 0 Å². The number of rotatable bonds is 4. The van der Waals surface area contributed by atoms with E-state index >= 15 is 0 Å². The highest BCUT2D eigenvalue weighted by Gasteiger charge is 2.11. The molecule has 16 heavy (non-hydrogen) atoms. The largest absolute Gasteiger partial charge is 0.327 e. The summed E-state index contributed by atoms with van der Waals surface area (Å²) in [7, 11) is 0. The predicted molar refractivity (Wildman–Crippen MR) is 69.7 cm³/mol. The smallest absolute Gasteiger partial charge is 0.0943 e. The molecule has 1 atom stereocenters. The number of thiazole rings is 1. The third kappa shape index (κ3) is 3.42. The maximum absolute atomic E-state index is 6.17. The lowest BCUT2D eigenvalue weighted by Crippen LogP contribution is -2.23. The normalized spacial score (nSPS) is 18.2. The standard InChI is InChI=1S/C13H20N2S/c1-10-9-16-13(15-10)8-12(14)7-11-5-3-2-4-6-11/h5,9,12H,2-4,6-8,14H2,1H3. The molecule has 1 aromatic heterocycles. The summed E-state index contributed by atoms with van der Waals surface area (Å²) in [6.07, 6.45) is 9.56. The van der Waals surface area contributed by atoms with Crippen LogP contribution in [0.5, 0.6) is 0 Å². The van der Waals surface area contributed by atoms with E-state index < -0.39 is 0 Å². The fourth-order valence-electron chi connectivity index (χ4n) is 2.22. The van der Waals surface area contributed by atoms with Crippen LogP contribution in [-0.2, 0) is 6.42 Å². The van der Waals surface area contributed by atoms with E-state index in [1.54, 1.807) is 16.9 Å². The van der Waals surface area contributed by atoms with Gasteiger partial charge in [0.1, 0.15) is 0 Å². The highest BCUT2D eigenvalue weighted by molar-refractivity contribution is 7.09. The van der Waals surface area contributed by atoms with Crippen LogP contribution in [0, 0.1) is 6.92 Å². The van der Waals surface area contributed by atoms with Gasteiger partial charge in [0, 0.05) is 23.5 Å². The molecule has 88 valence electrons. The van der Waals surface area contributed by atoms with Gasteiger partial charge in [-0.25, -0.2) is 4.98 Å². The Kier molecular flexibility index (Phi) is 4.13. The van der Waals surface area contributed by atoms with Crippen LogP contribution >= 0.6 is 11.3 Å². The molecule has 2 rings (SSSR count). The van der Waals surface area contributed by atoms with Crippen LogP contribution < -0.4 is 5.73 Å². The maximum atomic E-state index is 6.17. The van der Waals surface area contributed by atoms with Gasteiger partial charge in [-0.3, -0.25) is 0 Å². The second kappa shape index (κ2) is 5.60. The molecule has 3 heteroatoms. The van der Waals surface area contributed by atoms with E-state index in [2.05, 4.69) is 16.4 Å². The maximum Gasteiger partial charge on any atom is 0.0943 e. The van der Waals surface area contributed by atoms with Gasteiger partial charge < -0.3 is 5.73 Å². The minimum atomic E-state index is 0.245. The molecular formula is C13H20N2S. The number of nitrogens with two attached hydrogens (primary N) is 1. The fraction of sp³-hybridized carbons (Fsp3) is 0.615. The molecule has 2 N–H and O–H groups in total. The Labute approximate surface area is 102 Å². The molecule has 0 radical (unpaired) electrons. The van der Waals surface area contributed by atoms with E-state index in [0.717, 1.165) is 18.5 Å². The number of nitrogens with zero attached hydrogens (tertiary/aromatic N) is 1. The zero-order valence-corrected chi connectivity index (χ0v) is 10.7. The van der Waals surface area contributed by atoms with Gasteiger partial charge in [-0.1, -0.05) is 11.6 Å².